The van der Waals surface area contributed by atoms with Gasteiger partial charge in [0.15, 0.2) is 5.82 Å². The Labute approximate surface area is 300 Å². The Morgan fingerprint density at radius 1 is 0.353 bits per heavy atom. The Hall–Kier alpha value is -6.42. The number of rotatable bonds is 5. The first kappa shape index (κ1) is 29.5. The Kier molecular flexibility index (Phi) is 7.04. The second-order valence-corrected chi connectivity index (χ2v) is 14.0. The van der Waals surface area contributed by atoms with Crippen LogP contribution in [0.4, 0.5) is 0 Å². The summed E-state index contributed by atoms with van der Waals surface area (Å²) >= 11 is 1.82. The van der Waals surface area contributed by atoms with Gasteiger partial charge in [-0.05, 0) is 84.7 Å². The van der Waals surface area contributed by atoms with Crippen LogP contribution in [0.25, 0.3) is 97.9 Å². The van der Waals surface area contributed by atoms with Crippen molar-refractivity contribution in [2.75, 3.05) is 0 Å². The van der Waals surface area contributed by atoms with E-state index in [1.165, 1.54) is 58.4 Å². The molecule has 0 N–H and O–H groups in total. The minimum absolute atomic E-state index is 0.707. The van der Waals surface area contributed by atoms with Crippen LogP contribution in [0.2, 0.25) is 0 Å². The third-order valence-corrected chi connectivity index (χ3v) is 11.0. The van der Waals surface area contributed by atoms with E-state index in [0.717, 1.165) is 33.6 Å². The minimum Gasteiger partial charge on any atom is -0.228 e. The molecule has 10 rings (SSSR count). The Balaban J connectivity index is 1.21. The van der Waals surface area contributed by atoms with Gasteiger partial charge in [-0.25, -0.2) is 9.97 Å². The van der Waals surface area contributed by atoms with Gasteiger partial charge >= 0.3 is 0 Å². The summed E-state index contributed by atoms with van der Waals surface area (Å²) in [6.07, 6.45) is 0. The van der Waals surface area contributed by atoms with Crippen molar-refractivity contribution in [2.45, 2.75) is 0 Å². The molecule has 10 aromatic rings. The van der Waals surface area contributed by atoms with Crippen LogP contribution >= 0.6 is 11.3 Å². The van der Waals surface area contributed by atoms with E-state index in [9.17, 15) is 0 Å². The highest BCUT2D eigenvalue weighted by molar-refractivity contribution is 7.22. The summed E-state index contributed by atoms with van der Waals surface area (Å²) in [5, 5.41) is 8.69. The fourth-order valence-corrected chi connectivity index (χ4v) is 8.50. The summed E-state index contributed by atoms with van der Waals surface area (Å²) in [6.45, 7) is 0. The molecule has 0 spiro atoms. The molecule has 0 aliphatic carbocycles. The molecule has 0 radical (unpaired) electrons. The Morgan fingerprint density at radius 3 is 1.88 bits per heavy atom. The predicted molar refractivity (Wildman–Crippen MR) is 217 cm³/mol. The number of thiophene rings is 1. The highest BCUT2D eigenvalue weighted by atomic mass is 32.1. The highest BCUT2D eigenvalue weighted by Gasteiger charge is 2.18. The first-order valence-corrected chi connectivity index (χ1v) is 18.1. The molecular weight excluding hydrogens is 637 g/mol. The maximum atomic E-state index is 5.30. The second-order valence-electron chi connectivity index (χ2n) is 13.0. The topological polar surface area (TPSA) is 25.8 Å². The van der Waals surface area contributed by atoms with Crippen molar-refractivity contribution in [3.63, 3.8) is 0 Å². The summed E-state index contributed by atoms with van der Waals surface area (Å²) in [4.78, 5) is 11.7. The van der Waals surface area contributed by atoms with Crippen LogP contribution in [0, 0.1) is 0 Å². The van der Waals surface area contributed by atoms with Gasteiger partial charge in [0.2, 0.25) is 0 Å². The van der Waals surface area contributed by atoms with E-state index in [4.69, 9.17) is 9.97 Å². The predicted octanol–water partition coefficient (Wildman–Crippen LogP) is 13.5. The first-order chi connectivity index (χ1) is 25.3. The number of hydrogen-bond acceptors (Lipinski definition) is 3. The number of aromatic nitrogens is 2. The SMILES string of the molecule is c1ccc(-c2nc(-c3cccc(-c4cc5ccccc5s4)c3)cc(-c3ccccc3-c3c4ccccc4cc4c3ccc3ccccc34)n2)cc1. The number of benzene rings is 8. The monoisotopic (exact) mass is 666 g/mol. The average molecular weight is 667 g/mol. The molecule has 0 aliphatic heterocycles. The number of nitrogens with zero attached hydrogens (tertiary/aromatic N) is 2. The van der Waals surface area contributed by atoms with Crippen LogP contribution in [0.1, 0.15) is 0 Å². The molecule has 0 amide bonds. The highest BCUT2D eigenvalue weighted by Crippen LogP contribution is 2.43. The van der Waals surface area contributed by atoms with Crippen molar-refractivity contribution >= 4 is 53.7 Å². The van der Waals surface area contributed by atoms with E-state index in [1.807, 2.05) is 29.5 Å². The zero-order valence-corrected chi connectivity index (χ0v) is 28.4. The van der Waals surface area contributed by atoms with Crippen LogP contribution in [-0.2, 0) is 0 Å². The minimum atomic E-state index is 0.707. The average Bonchev–Trinajstić information content (AvgIpc) is 3.65. The van der Waals surface area contributed by atoms with E-state index in [0.29, 0.717) is 5.82 Å². The normalized spacial score (nSPS) is 11.5. The van der Waals surface area contributed by atoms with Gasteiger partial charge < -0.3 is 0 Å². The molecule has 238 valence electrons. The summed E-state index contributed by atoms with van der Waals surface area (Å²) in [6, 6.07) is 65.1. The van der Waals surface area contributed by atoms with Gasteiger partial charge in [0.25, 0.3) is 0 Å². The Morgan fingerprint density at radius 2 is 1.02 bits per heavy atom. The first-order valence-electron chi connectivity index (χ1n) is 17.2. The third-order valence-electron chi connectivity index (χ3n) is 9.87. The van der Waals surface area contributed by atoms with Gasteiger partial charge in [-0.3, -0.25) is 0 Å². The lowest BCUT2D eigenvalue weighted by Gasteiger charge is -2.17. The number of hydrogen-bond donors (Lipinski definition) is 0. The fourth-order valence-electron chi connectivity index (χ4n) is 7.44. The standard InChI is InChI=1S/C48H30N2S/c1-2-14-32(15-3-1)48-49-43(34-18-12-19-35(27-34)46-29-36-17-6-11-24-45(36)51-46)30-44(50-48)39-22-9-10-23-40(39)47-38-21-8-5-16-33(38)28-42-37-20-7-4-13-31(37)25-26-41(42)47/h1-30H. The molecule has 2 heterocycles. The molecule has 8 aromatic carbocycles. The van der Waals surface area contributed by atoms with Crippen molar-refractivity contribution in [3.8, 4) is 55.5 Å². The second kappa shape index (κ2) is 12.2. The van der Waals surface area contributed by atoms with Crippen LogP contribution in [0.15, 0.2) is 182 Å². The molecule has 2 aromatic heterocycles. The van der Waals surface area contributed by atoms with E-state index in [-0.39, 0.29) is 0 Å². The molecule has 0 fully saturated rings. The van der Waals surface area contributed by atoms with Crippen LogP contribution in [0.5, 0.6) is 0 Å². The van der Waals surface area contributed by atoms with Crippen molar-refractivity contribution in [3.05, 3.63) is 182 Å². The van der Waals surface area contributed by atoms with Crippen LogP contribution < -0.4 is 0 Å². The molecule has 2 nitrogen and oxygen atoms in total. The molecule has 0 saturated carbocycles. The largest absolute Gasteiger partial charge is 0.228 e. The summed E-state index contributed by atoms with van der Waals surface area (Å²) in [5.41, 5.74) is 8.46. The lowest BCUT2D eigenvalue weighted by atomic mass is 9.87. The van der Waals surface area contributed by atoms with Crippen molar-refractivity contribution in [1.82, 2.24) is 9.97 Å². The van der Waals surface area contributed by atoms with Crippen molar-refractivity contribution in [1.29, 1.82) is 0 Å². The van der Waals surface area contributed by atoms with E-state index in [2.05, 4.69) is 164 Å². The van der Waals surface area contributed by atoms with Gasteiger partial charge in [-0.2, -0.15) is 0 Å². The van der Waals surface area contributed by atoms with Gasteiger partial charge in [0.1, 0.15) is 0 Å². The van der Waals surface area contributed by atoms with Crippen LogP contribution in [0.3, 0.4) is 0 Å². The van der Waals surface area contributed by atoms with E-state index in [1.54, 1.807) is 0 Å². The van der Waals surface area contributed by atoms with Crippen molar-refractivity contribution in [2.24, 2.45) is 0 Å². The molecule has 0 bridgehead atoms. The molecular formula is C48H30N2S. The zero-order chi connectivity index (χ0) is 33.7. The maximum Gasteiger partial charge on any atom is 0.160 e. The summed E-state index contributed by atoms with van der Waals surface area (Å²) in [5.74, 6) is 0.707. The van der Waals surface area contributed by atoms with Gasteiger partial charge in [0, 0.05) is 26.3 Å². The van der Waals surface area contributed by atoms with E-state index < -0.39 is 0 Å². The summed E-state index contributed by atoms with van der Waals surface area (Å²) < 4.78 is 1.29. The van der Waals surface area contributed by atoms with Crippen molar-refractivity contribution < 1.29 is 0 Å². The van der Waals surface area contributed by atoms with Gasteiger partial charge in [-0.15, -0.1) is 11.3 Å². The van der Waals surface area contributed by atoms with Gasteiger partial charge in [-0.1, -0.05) is 152 Å². The van der Waals surface area contributed by atoms with Gasteiger partial charge in [0.05, 0.1) is 11.4 Å². The molecule has 3 heteroatoms. The fraction of sp³-hybridized carbons (Fsp3) is 0. The lowest BCUT2D eigenvalue weighted by molar-refractivity contribution is 1.18. The third kappa shape index (κ3) is 5.18. The Bertz CT molecular complexity index is 2890. The number of fused-ring (bicyclic) bond motifs is 5. The quantitative estimate of drug-likeness (QED) is 0.135. The smallest absolute Gasteiger partial charge is 0.160 e. The molecule has 0 atom stereocenters. The molecule has 0 aliphatic rings. The molecule has 0 unspecified atom stereocenters. The maximum absolute atomic E-state index is 5.30. The zero-order valence-electron chi connectivity index (χ0n) is 27.6. The molecule has 0 saturated heterocycles. The van der Waals surface area contributed by atoms with Crippen LogP contribution in [-0.4, -0.2) is 9.97 Å². The summed E-state index contributed by atoms with van der Waals surface area (Å²) in [7, 11) is 0. The lowest BCUT2D eigenvalue weighted by Crippen LogP contribution is -1.97. The molecule has 51 heavy (non-hydrogen) atoms. The van der Waals surface area contributed by atoms with E-state index >= 15 is 0 Å².